The Bertz CT molecular complexity index is 925. The van der Waals surface area contributed by atoms with Crippen molar-refractivity contribution >= 4 is 23.1 Å². The van der Waals surface area contributed by atoms with Crippen LogP contribution < -0.4 is 10.1 Å². The average Bonchev–Trinajstić information content (AvgIpc) is 3.05. The van der Waals surface area contributed by atoms with E-state index in [0.29, 0.717) is 23.9 Å². The van der Waals surface area contributed by atoms with Gasteiger partial charge in [0.1, 0.15) is 18.1 Å². The highest BCUT2D eigenvalue weighted by atomic mass is 35.5. The first-order valence-electron chi connectivity index (χ1n) is 8.01. The van der Waals surface area contributed by atoms with Gasteiger partial charge in [0.05, 0.1) is 11.6 Å². The molecule has 0 aliphatic carbocycles. The number of benzene rings is 2. The minimum absolute atomic E-state index is 0.483. The average molecular weight is 350 g/mol. The van der Waals surface area contributed by atoms with Gasteiger partial charge in [0.2, 0.25) is 0 Å². The first-order valence-corrected chi connectivity index (χ1v) is 8.39. The van der Waals surface area contributed by atoms with E-state index in [1.165, 1.54) is 0 Å². The molecule has 4 nitrogen and oxygen atoms in total. The standard InChI is InChI=1S/C20H16ClN3O/c21-17-11-16(24-20-19-15(12-23-20)7-4-10-22-19)8-9-18(17)25-13-14-5-2-1-3-6-14/h1-11H,12-13H2,(H,23,24). The summed E-state index contributed by atoms with van der Waals surface area (Å²) in [6.45, 7) is 1.13. The molecule has 0 atom stereocenters. The molecule has 0 amide bonds. The summed E-state index contributed by atoms with van der Waals surface area (Å²) in [5.74, 6) is 1.42. The lowest BCUT2D eigenvalue weighted by Crippen LogP contribution is -2.13. The first kappa shape index (κ1) is 15.7. The van der Waals surface area contributed by atoms with E-state index in [1.807, 2.05) is 60.7 Å². The molecule has 0 spiro atoms. The Kier molecular flexibility index (Phi) is 4.36. The molecular weight excluding hydrogens is 334 g/mol. The van der Waals surface area contributed by atoms with Gasteiger partial charge in [-0.25, -0.2) is 0 Å². The number of nitrogens with one attached hydrogen (secondary N) is 1. The molecule has 3 aromatic rings. The molecule has 1 aliphatic heterocycles. The van der Waals surface area contributed by atoms with Crippen LogP contribution in [0.1, 0.15) is 16.8 Å². The zero-order chi connectivity index (χ0) is 17.1. The summed E-state index contributed by atoms with van der Waals surface area (Å²) in [5.41, 5.74) is 3.97. The molecule has 124 valence electrons. The number of rotatable bonds is 4. The van der Waals surface area contributed by atoms with Crippen LogP contribution in [-0.4, -0.2) is 10.8 Å². The fraction of sp³-hybridized carbons (Fsp3) is 0.100. The number of aliphatic imine (C=N–C) groups is 1. The minimum atomic E-state index is 0.483. The van der Waals surface area contributed by atoms with Crippen LogP contribution in [0.15, 0.2) is 71.9 Å². The highest BCUT2D eigenvalue weighted by molar-refractivity contribution is 6.32. The summed E-state index contributed by atoms with van der Waals surface area (Å²) in [5, 5.41) is 3.84. The first-order chi connectivity index (χ1) is 12.3. The van der Waals surface area contributed by atoms with Crippen molar-refractivity contribution in [3.63, 3.8) is 0 Å². The zero-order valence-electron chi connectivity index (χ0n) is 13.4. The maximum Gasteiger partial charge on any atom is 0.152 e. The van der Waals surface area contributed by atoms with Crippen LogP contribution in [0.3, 0.4) is 0 Å². The van der Waals surface area contributed by atoms with Crippen molar-refractivity contribution in [1.82, 2.24) is 4.98 Å². The van der Waals surface area contributed by atoms with Gasteiger partial charge in [-0.05, 0) is 29.8 Å². The normalized spacial score (nSPS) is 12.4. The molecule has 5 heteroatoms. The number of pyridine rings is 1. The van der Waals surface area contributed by atoms with Gasteiger partial charge >= 0.3 is 0 Å². The van der Waals surface area contributed by atoms with E-state index in [-0.39, 0.29) is 0 Å². The van der Waals surface area contributed by atoms with Crippen LogP contribution in [0.5, 0.6) is 5.75 Å². The lowest BCUT2D eigenvalue weighted by atomic mass is 10.2. The van der Waals surface area contributed by atoms with Gasteiger partial charge < -0.3 is 10.1 Å². The molecule has 0 unspecified atom stereocenters. The van der Waals surface area contributed by atoms with E-state index in [1.54, 1.807) is 6.20 Å². The largest absolute Gasteiger partial charge is 0.487 e. The molecule has 1 aromatic heterocycles. The monoisotopic (exact) mass is 349 g/mol. The molecular formula is C20H16ClN3O. The second kappa shape index (κ2) is 6.95. The van der Waals surface area contributed by atoms with Crippen LogP contribution in [0.4, 0.5) is 5.69 Å². The van der Waals surface area contributed by atoms with E-state index in [4.69, 9.17) is 16.3 Å². The van der Waals surface area contributed by atoms with Gasteiger partial charge in [0.15, 0.2) is 5.84 Å². The fourth-order valence-corrected chi connectivity index (χ4v) is 2.92. The number of hydrogen-bond donors (Lipinski definition) is 1. The number of ether oxygens (including phenoxy) is 1. The number of aromatic nitrogens is 1. The lowest BCUT2D eigenvalue weighted by Gasteiger charge is -2.11. The van der Waals surface area contributed by atoms with E-state index >= 15 is 0 Å². The fourth-order valence-electron chi connectivity index (χ4n) is 2.68. The summed E-state index contributed by atoms with van der Waals surface area (Å²) in [6.07, 6.45) is 1.77. The summed E-state index contributed by atoms with van der Waals surface area (Å²) in [4.78, 5) is 8.88. The Morgan fingerprint density at radius 3 is 2.76 bits per heavy atom. The molecule has 2 heterocycles. The highest BCUT2D eigenvalue weighted by Crippen LogP contribution is 2.29. The predicted octanol–water partition coefficient (Wildman–Crippen LogP) is 4.69. The third kappa shape index (κ3) is 3.49. The van der Waals surface area contributed by atoms with Crippen molar-refractivity contribution in [2.24, 2.45) is 4.99 Å². The molecule has 0 radical (unpaired) electrons. The molecule has 0 saturated carbocycles. The molecule has 25 heavy (non-hydrogen) atoms. The van der Waals surface area contributed by atoms with Crippen LogP contribution in [0.25, 0.3) is 0 Å². The van der Waals surface area contributed by atoms with Gasteiger partial charge in [-0.3, -0.25) is 9.98 Å². The zero-order valence-corrected chi connectivity index (χ0v) is 14.2. The number of amidine groups is 1. The van der Waals surface area contributed by atoms with Crippen molar-refractivity contribution in [1.29, 1.82) is 0 Å². The maximum atomic E-state index is 6.36. The Balaban J connectivity index is 1.45. The van der Waals surface area contributed by atoms with Gasteiger partial charge in [-0.15, -0.1) is 0 Å². The number of halogens is 1. The number of nitrogens with zero attached hydrogens (tertiary/aromatic N) is 2. The van der Waals surface area contributed by atoms with Crippen LogP contribution in [-0.2, 0) is 13.2 Å². The van der Waals surface area contributed by atoms with Crippen molar-refractivity contribution in [3.8, 4) is 5.75 Å². The van der Waals surface area contributed by atoms with E-state index in [9.17, 15) is 0 Å². The molecule has 0 saturated heterocycles. The quantitative estimate of drug-likeness (QED) is 0.743. The van der Waals surface area contributed by atoms with Gasteiger partial charge in [0, 0.05) is 17.4 Å². The summed E-state index contributed by atoms with van der Waals surface area (Å²) >= 11 is 6.36. The second-order valence-electron chi connectivity index (χ2n) is 5.72. The SMILES string of the molecule is Clc1cc(NC2=NCc3cccnc32)ccc1OCc1ccccc1. The molecule has 1 N–H and O–H groups in total. The molecule has 4 rings (SSSR count). The molecule has 2 aromatic carbocycles. The van der Waals surface area contributed by atoms with Gasteiger partial charge in [-0.1, -0.05) is 48.0 Å². The Hall–Kier alpha value is -2.85. The third-order valence-electron chi connectivity index (χ3n) is 3.95. The van der Waals surface area contributed by atoms with E-state index in [0.717, 1.165) is 28.3 Å². The van der Waals surface area contributed by atoms with Crippen molar-refractivity contribution in [2.45, 2.75) is 13.2 Å². The number of fused-ring (bicyclic) bond motifs is 1. The van der Waals surface area contributed by atoms with E-state index in [2.05, 4.69) is 15.3 Å². The number of anilines is 1. The van der Waals surface area contributed by atoms with Crippen LogP contribution in [0, 0.1) is 0 Å². The van der Waals surface area contributed by atoms with Gasteiger partial charge in [0.25, 0.3) is 0 Å². The maximum absolute atomic E-state index is 6.36. The number of hydrogen-bond acceptors (Lipinski definition) is 4. The third-order valence-corrected chi connectivity index (χ3v) is 4.25. The van der Waals surface area contributed by atoms with Crippen molar-refractivity contribution in [3.05, 3.63) is 88.7 Å². The molecule has 1 aliphatic rings. The van der Waals surface area contributed by atoms with Gasteiger partial charge in [-0.2, -0.15) is 0 Å². The topological polar surface area (TPSA) is 46.5 Å². The summed E-state index contributed by atoms with van der Waals surface area (Å²) in [7, 11) is 0. The van der Waals surface area contributed by atoms with E-state index < -0.39 is 0 Å². The Labute approximate surface area is 151 Å². The van der Waals surface area contributed by atoms with Crippen molar-refractivity contribution in [2.75, 3.05) is 5.32 Å². The highest BCUT2D eigenvalue weighted by Gasteiger charge is 2.17. The Morgan fingerprint density at radius 1 is 1.04 bits per heavy atom. The van der Waals surface area contributed by atoms with Crippen LogP contribution >= 0.6 is 11.6 Å². The molecule has 0 fully saturated rings. The molecule has 0 bridgehead atoms. The van der Waals surface area contributed by atoms with Crippen LogP contribution in [0.2, 0.25) is 5.02 Å². The summed E-state index contributed by atoms with van der Waals surface area (Å²) in [6, 6.07) is 19.6. The predicted molar refractivity (Wildman–Crippen MR) is 100 cm³/mol. The Morgan fingerprint density at radius 2 is 1.92 bits per heavy atom. The van der Waals surface area contributed by atoms with Crippen molar-refractivity contribution < 1.29 is 4.74 Å². The smallest absolute Gasteiger partial charge is 0.152 e. The summed E-state index contributed by atoms with van der Waals surface area (Å²) < 4.78 is 5.80. The second-order valence-corrected chi connectivity index (χ2v) is 6.13. The lowest BCUT2D eigenvalue weighted by molar-refractivity contribution is 0.306. The minimum Gasteiger partial charge on any atom is -0.487 e.